The van der Waals surface area contributed by atoms with Crippen molar-refractivity contribution in [3.05, 3.63) is 23.9 Å². The van der Waals surface area contributed by atoms with Gasteiger partial charge in [-0.2, -0.15) is 5.26 Å². The third-order valence-corrected chi connectivity index (χ3v) is 2.14. The predicted octanol–water partition coefficient (Wildman–Crippen LogP) is 2.18. The maximum Gasteiger partial charge on any atom is 0.143 e. The molecule has 1 heterocycles. The average Bonchev–Trinajstić information content (AvgIpc) is 2.27. The summed E-state index contributed by atoms with van der Waals surface area (Å²) in [7, 11) is 0. The summed E-state index contributed by atoms with van der Waals surface area (Å²) in [5.74, 6) is 0.609. The van der Waals surface area contributed by atoms with Crippen LogP contribution in [0.5, 0.6) is 0 Å². The van der Waals surface area contributed by atoms with Gasteiger partial charge in [-0.1, -0.05) is 0 Å². The monoisotopic (exact) mass is 219 g/mol. The number of nitrogens with one attached hydrogen (secondary N) is 1. The third kappa shape index (κ3) is 3.52. The van der Waals surface area contributed by atoms with E-state index in [1.54, 1.807) is 18.3 Å². The van der Waals surface area contributed by atoms with E-state index in [0.717, 1.165) is 0 Å². The summed E-state index contributed by atoms with van der Waals surface area (Å²) in [4.78, 5) is 4.12. The van der Waals surface area contributed by atoms with Crippen molar-refractivity contribution in [1.82, 2.24) is 4.98 Å². The summed E-state index contributed by atoms with van der Waals surface area (Å²) in [5.41, 5.74) is 0.286. The highest BCUT2D eigenvalue weighted by atomic mass is 16.5. The van der Waals surface area contributed by atoms with Crippen LogP contribution in [0.2, 0.25) is 0 Å². The number of nitrogens with zero attached hydrogens (tertiary/aromatic N) is 2. The zero-order valence-corrected chi connectivity index (χ0v) is 9.95. The molecule has 0 fully saturated rings. The van der Waals surface area contributed by atoms with Gasteiger partial charge in [0.1, 0.15) is 11.9 Å². The van der Waals surface area contributed by atoms with Gasteiger partial charge in [0.2, 0.25) is 0 Å². The van der Waals surface area contributed by atoms with E-state index in [1.165, 1.54) is 0 Å². The molecular weight excluding hydrogens is 202 g/mol. The van der Waals surface area contributed by atoms with E-state index >= 15 is 0 Å². The lowest BCUT2D eigenvalue weighted by Gasteiger charge is -2.25. The SMILES string of the molecule is CCOC(C)(C)CNc1ncccc1C#N. The second-order valence-corrected chi connectivity index (χ2v) is 4.06. The van der Waals surface area contributed by atoms with Crippen molar-refractivity contribution in [3.8, 4) is 6.07 Å². The molecule has 1 aromatic heterocycles. The summed E-state index contributed by atoms with van der Waals surface area (Å²) < 4.78 is 5.55. The average molecular weight is 219 g/mol. The molecule has 0 radical (unpaired) electrons. The fraction of sp³-hybridized carbons (Fsp3) is 0.500. The molecule has 1 aromatic rings. The lowest BCUT2D eigenvalue weighted by molar-refractivity contribution is 0.000640. The summed E-state index contributed by atoms with van der Waals surface area (Å²) in [6.07, 6.45) is 1.66. The van der Waals surface area contributed by atoms with Crippen molar-refractivity contribution in [1.29, 1.82) is 5.26 Å². The standard InChI is InChI=1S/C12H17N3O/c1-4-16-12(2,3)9-15-11-10(8-13)6-5-7-14-11/h5-7H,4,9H2,1-3H3,(H,14,15). The van der Waals surface area contributed by atoms with Crippen molar-refractivity contribution in [2.45, 2.75) is 26.4 Å². The van der Waals surface area contributed by atoms with Gasteiger partial charge in [0.05, 0.1) is 11.2 Å². The van der Waals surface area contributed by atoms with E-state index in [9.17, 15) is 0 Å². The van der Waals surface area contributed by atoms with Crippen LogP contribution in [0, 0.1) is 11.3 Å². The van der Waals surface area contributed by atoms with Gasteiger partial charge < -0.3 is 10.1 Å². The number of hydrogen-bond acceptors (Lipinski definition) is 4. The van der Waals surface area contributed by atoms with Crippen molar-refractivity contribution in [2.24, 2.45) is 0 Å². The van der Waals surface area contributed by atoms with Crippen molar-refractivity contribution in [3.63, 3.8) is 0 Å². The smallest absolute Gasteiger partial charge is 0.143 e. The number of nitriles is 1. The molecule has 0 saturated carbocycles. The fourth-order valence-electron chi connectivity index (χ4n) is 1.37. The Balaban J connectivity index is 2.65. The first-order valence-corrected chi connectivity index (χ1v) is 5.32. The van der Waals surface area contributed by atoms with Crippen molar-refractivity contribution >= 4 is 5.82 Å². The van der Waals surface area contributed by atoms with Crippen LogP contribution in [-0.4, -0.2) is 23.7 Å². The summed E-state index contributed by atoms with van der Waals surface area (Å²) in [5, 5.41) is 12.0. The minimum atomic E-state index is -0.265. The molecule has 0 amide bonds. The molecule has 86 valence electrons. The number of rotatable bonds is 5. The molecule has 1 N–H and O–H groups in total. The molecule has 0 atom stereocenters. The third-order valence-electron chi connectivity index (χ3n) is 2.14. The highest BCUT2D eigenvalue weighted by molar-refractivity contribution is 5.51. The maximum atomic E-state index is 8.89. The molecule has 0 spiro atoms. The van der Waals surface area contributed by atoms with Gasteiger partial charge in [-0.25, -0.2) is 4.98 Å². The molecule has 0 aliphatic carbocycles. The van der Waals surface area contributed by atoms with Gasteiger partial charge in [0, 0.05) is 19.3 Å². The first-order valence-electron chi connectivity index (χ1n) is 5.32. The van der Waals surface area contributed by atoms with Gasteiger partial charge >= 0.3 is 0 Å². The van der Waals surface area contributed by atoms with Crippen LogP contribution in [0.3, 0.4) is 0 Å². The lowest BCUT2D eigenvalue weighted by Crippen LogP contribution is -2.33. The van der Waals surface area contributed by atoms with Gasteiger partial charge in [-0.15, -0.1) is 0 Å². The first kappa shape index (κ1) is 12.5. The Morgan fingerprint density at radius 1 is 1.56 bits per heavy atom. The number of anilines is 1. The Labute approximate surface area is 96.3 Å². The summed E-state index contributed by atoms with van der Waals surface area (Å²) >= 11 is 0. The van der Waals surface area contributed by atoms with E-state index in [4.69, 9.17) is 10.00 Å². The Morgan fingerprint density at radius 2 is 2.31 bits per heavy atom. The van der Waals surface area contributed by atoms with Crippen LogP contribution in [0.4, 0.5) is 5.82 Å². The van der Waals surface area contributed by atoms with Crippen LogP contribution >= 0.6 is 0 Å². The van der Waals surface area contributed by atoms with Gasteiger partial charge in [-0.3, -0.25) is 0 Å². The molecule has 0 unspecified atom stereocenters. The Kier molecular flexibility index (Phi) is 4.27. The van der Waals surface area contributed by atoms with E-state index in [-0.39, 0.29) is 5.60 Å². The Morgan fingerprint density at radius 3 is 2.94 bits per heavy atom. The van der Waals surface area contributed by atoms with Crippen LogP contribution in [0.15, 0.2) is 18.3 Å². The van der Waals surface area contributed by atoms with Crippen LogP contribution in [0.25, 0.3) is 0 Å². The molecule has 4 heteroatoms. The quantitative estimate of drug-likeness (QED) is 0.824. The normalized spacial score (nSPS) is 10.9. The highest BCUT2D eigenvalue weighted by Crippen LogP contribution is 2.13. The zero-order chi connectivity index (χ0) is 12.0. The van der Waals surface area contributed by atoms with Gasteiger partial charge in [-0.05, 0) is 32.9 Å². The van der Waals surface area contributed by atoms with E-state index in [0.29, 0.717) is 24.5 Å². The van der Waals surface area contributed by atoms with Gasteiger partial charge in [0.15, 0.2) is 0 Å². The molecule has 0 aliphatic heterocycles. The summed E-state index contributed by atoms with van der Waals surface area (Å²) in [6, 6.07) is 5.58. The molecule has 0 aromatic carbocycles. The van der Waals surface area contributed by atoms with Gasteiger partial charge in [0.25, 0.3) is 0 Å². The van der Waals surface area contributed by atoms with Crippen molar-refractivity contribution in [2.75, 3.05) is 18.5 Å². The number of hydrogen-bond donors (Lipinski definition) is 1. The molecule has 0 bridgehead atoms. The largest absolute Gasteiger partial charge is 0.374 e. The molecule has 0 saturated heterocycles. The Bertz CT molecular complexity index is 382. The predicted molar refractivity (Wildman–Crippen MR) is 63.1 cm³/mol. The highest BCUT2D eigenvalue weighted by Gasteiger charge is 2.17. The molecule has 4 nitrogen and oxygen atoms in total. The van der Waals surface area contributed by atoms with Crippen LogP contribution in [-0.2, 0) is 4.74 Å². The van der Waals surface area contributed by atoms with E-state index in [1.807, 2.05) is 20.8 Å². The Hall–Kier alpha value is -1.60. The molecule has 0 aliphatic rings. The van der Waals surface area contributed by atoms with E-state index in [2.05, 4.69) is 16.4 Å². The van der Waals surface area contributed by atoms with E-state index < -0.39 is 0 Å². The minimum absolute atomic E-state index is 0.265. The zero-order valence-electron chi connectivity index (χ0n) is 9.95. The van der Waals surface area contributed by atoms with Crippen LogP contribution < -0.4 is 5.32 Å². The number of aromatic nitrogens is 1. The summed E-state index contributed by atoms with van der Waals surface area (Å²) in [6.45, 7) is 7.24. The number of pyridine rings is 1. The second kappa shape index (κ2) is 5.47. The molecule has 1 rings (SSSR count). The van der Waals surface area contributed by atoms with Crippen molar-refractivity contribution < 1.29 is 4.74 Å². The lowest BCUT2D eigenvalue weighted by atomic mass is 10.1. The van der Waals surface area contributed by atoms with Crippen LogP contribution in [0.1, 0.15) is 26.3 Å². The number of ether oxygens (including phenoxy) is 1. The topological polar surface area (TPSA) is 57.9 Å². The fourth-order valence-corrected chi connectivity index (χ4v) is 1.37. The first-order chi connectivity index (χ1) is 7.59. The second-order valence-electron chi connectivity index (χ2n) is 4.06. The maximum absolute atomic E-state index is 8.89. The molecular formula is C12H17N3O. The molecule has 16 heavy (non-hydrogen) atoms. The minimum Gasteiger partial charge on any atom is -0.374 e.